The molecule has 2 aromatic rings. The molecular formula is C16H17NO2. The zero-order valence-corrected chi connectivity index (χ0v) is 11.4. The molecule has 0 aliphatic rings. The van der Waals surface area contributed by atoms with E-state index >= 15 is 0 Å². The van der Waals surface area contributed by atoms with Crippen molar-refractivity contribution in [2.75, 3.05) is 12.8 Å². The second kappa shape index (κ2) is 5.14. The number of ether oxygens (including phenoxy) is 1. The quantitative estimate of drug-likeness (QED) is 0.677. The summed E-state index contributed by atoms with van der Waals surface area (Å²) in [6.45, 7) is 3.83. The smallest absolute Gasteiger partial charge is 0.193 e. The Bertz CT molecular complexity index is 633. The second-order valence-corrected chi connectivity index (χ2v) is 4.59. The highest BCUT2D eigenvalue weighted by Crippen LogP contribution is 2.24. The van der Waals surface area contributed by atoms with Crippen LogP contribution in [0.4, 0.5) is 5.69 Å². The third kappa shape index (κ3) is 2.60. The number of anilines is 1. The Morgan fingerprint density at radius 1 is 1.11 bits per heavy atom. The van der Waals surface area contributed by atoms with Crippen molar-refractivity contribution in [2.45, 2.75) is 13.8 Å². The Kier molecular flexibility index (Phi) is 3.56. The summed E-state index contributed by atoms with van der Waals surface area (Å²) >= 11 is 0. The number of nitrogens with two attached hydrogens (primary N) is 1. The van der Waals surface area contributed by atoms with Crippen LogP contribution in [0.15, 0.2) is 36.4 Å². The summed E-state index contributed by atoms with van der Waals surface area (Å²) in [5.41, 5.74) is 9.44. The van der Waals surface area contributed by atoms with E-state index in [9.17, 15) is 4.79 Å². The van der Waals surface area contributed by atoms with E-state index in [0.29, 0.717) is 16.8 Å². The van der Waals surface area contributed by atoms with Crippen molar-refractivity contribution < 1.29 is 9.53 Å². The van der Waals surface area contributed by atoms with Gasteiger partial charge in [0.05, 0.1) is 7.11 Å². The Balaban J connectivity index is 2.47. The number of carbonyl (C=O) groups is 1. The van der Waals surface area contributed by atoms with E-state index in [1.807, 2.05) is 26.0 Å². The van der Waals surface area contributed by atoms with Gasteiger partial charge in [-0.3, -0.25) is 4.79 Å². The van der Waals surface area contributed by atoms with Crippen LogP contribution in [-0.4, -0.2) is 12.9 Å². The predicted octanol–water partition coefficient (Wildman–Crippen LogP) is 3.13. The predicted molar refractivity (Wildman–Crippen MR) is 76.8 cm³/mol. The molecule has 98 valence electrons. The highest BCUT2D eigenvalue weighted by molar-refractivity contribution is 6.10. The second-order valence-electron chi connectivity index (χ2n) is 4.59. The van der Waals surface area contributed by atoms with Gasteiger partial charge in [-0.1, -0.05) is 12.1 Å². The fourth-order valence-corrected chi connectivity index (χ4v) is 2.09. The van der Waals surface area contributed by atoms with E-state index in [1.54, 1.807) is 31.4 Å². The minimum atomic E-state index is -0.0180. The maximum absolute atomic E-state index is 12.5. The first-order valence-electron chi connectivity index (χ1n) is 6.08. The van der Waals surface area contributed by atoms with Crippen molar-refractivity contribution in [3.63, 3.8) is 0 Å². The van der Waals surface area contributed by atoms with Gasteiger partial charge in [0.15, 0.2) is 5.78 Å². The lowest BCUT2D eigenvalue weighted by Crippen LogP contribution is -2.05. The molecule has 0 saturated carbocycles. The number of hydrogen-bond acceptors (Lipinski definition) is 3. The number of hydrogen-bond donors (Lipinski definition) is 1. The molecule has 0 fully saturated rings. The van der Waals surface area contributed by atoms with E-state index in [2.05, 4.69) is 0 Å². The lowest BCUT2D eigenvalue weighted by atomic mass is 9.96. The fraction of sp³-hybridized carbons (Fsp3) is 0.188. The average molecular weight is 255 g/mol. The minimum Gasteiger partial charge on any atom is -0.496 e. The van der Waals surface area contributed by atoms with Gasteiger partial charge < -0.3 is 10.5 Å². The van der Waals surface area contributed by atoms with Crippen LogP contribution in [0.5, 0.6) is 5.75 Å². The number of methoxy groups -OCH3 is 1. The van der Waals surface area contributed by atoms with Crippen LogP contribution in [0.1, 0.15) is 27.0 Å². The van der Waals surface area contributed by atoms with Crippen molar-refractivity contribution in [1.82, 2.24) is 0 Å². The summed E-state index contributed by atoms with van der Waals surface area (Å²) in [5.74, 6) is 0.775. The molecule has 0 aromatic heterocycles. The molecule has 0 spiro atoms. The number of nitrogen functional groups attached to an aromatic ring is 1. The van der Waals surface area contributed by atoms with Crippen molar-refractivity contribution >= 4 is 11.5 Å². The largest absolute Gasteiger partial charge is 0.496 e. The number of ketones is 1. The maximum Gasteiger partial charge on any atom is 0.193 e. The third-order valence-corrected chi connectivity index (χ3v) is 3.14. The van der Waals surface area contributed by atoms with Crippen LogP contribution in [-0.2, 0) is 0 Å². The summed E-state index contributed by atoms with van der Waals surface area (Å²) in [4.78, 5) is 12.5. The molecule has 0 saturated heterocycles. The van der Waals surface area contributed by atoms with Gasteiger partial charge in [0.2, 0.25) is 0 Å². The van der Waals surface area contributed by atoms with Gasteiger partial charge in [-0.2, -0.15) is 0 Å². The number of benzene rings is 2. The van der Waals surface area contributed by atoms with Crippen LogP contribution in [0.25, 0.3) is 0 Å². The number of aryl methyl sites for hydroxylation is 2. The lowest BCUT2D eigenvalue weighted by molar-refractivity contribution is 0.103. The SMILES string of the molecule is COc1cc(C)c(C(=O)c2cccc(N)c2)cc1C. The molecule has 0 aliphatic carbocycles. The summed E-state index contributed by atoms with van der Waals surface area (Å²) in [6, 6.07) is 10.8. The zero-order valence-electron chi connectivity index (χ0n) is 11.4. The first-order valence-corrected chi connectivity index (χ1v) is 6.08. The normalized spacial score (nSPS) is 10.3. The number of carbonyl (C=O) groups excluding carboxylic acids is 1. The van der Waals surface area contributed by atoms with Crippen molar-refractivity contribution in [3.05, 3.63) is 58.7 Å². The molecule has 0 radical (unpaired) electrons. The topological polar surface area (TPSA) is 52.3 Å². The fourth-order valence-electron chi connectivity index (χ4n) is 2.09. The van der Waals surface area contributed by atoms with Gasteiger partial charge in [-0.25, -0.2) is 0 Å². The standard InChI is InChI=1S/C16H17NO2/c1-10-8-15(19-3)11(2)7-14(10)16(18)12-5-4-6-13(17)9-12/h4-9H,17H2,1-3H3. The summed E-state index contributed by atoms with van der Waals surface area (Å²) in [5, 5.41) is 0. The number of rotatable bonds is 3. The molecule has 19 heavy (non-hydrogen) atoms. The molecular weight excluding hydrogens is 238 g/mol. The summed E-state index contributed by atoms with van der Waals surface area (Å²) < 4.78 is 5.25. The van der Waals surface area contributed by atoms with E-state index in [0.717, 1.165) is 16.9 Å². The zero-order chi connectivity index (χ0) is 14.0. The van der Waals surface area contributed by atoms with Crippen LogP contribution < -0.4 is 10.5 Å². The Hall–Kier alpha value is -2.29. The Morgan fingerprint density at radius 2 is 1.84 bits per heavy atom. The maximum atomic E-state index is 12.5. The van der Waals surface area contributed by atoms with Crippen LogP contribution in [0.3, 0.4) is 0 Å². The molecule has 0 heterocycles. The summed E-state index contributed by atoms with van der Waals surface area (Å²) in [7, 11) is 1.63. The van der Waals surface area contributed by atoms with Gasteiger partial charge in [0, 0.05) is 16.8 Å². The van der Waals surface area contributed by atoms with Crippen molar-refractivity contribution in [3.8, 4) is 5.75 Å². The Labute approximate surface area is 113 Å². The Morgan fingerprint density at radius 3 is 2.47 bits per heavy atom. The van der Waals surface area contributed by atoms with Gasteiger partial charge in [0.1, 0.15) is 5.75 Å². The highest BCUT2D eigenvalue weighted by Gasteiger charge is 2.14. The van der Waals surface area contributed by atoms with E-state index < -0.39 is 0 Å². The molecule has 2 rings (SSSR count). The van der Waals surface area contributed by atoms with Gasteiger partial charge >= 0.3 is 0 Å². The molecule has 0 amide bonds. The molecule has 2 N–H and O–H groups in total. The van der Waals surface area contributed by atoms with Crippen LogP contribution in [0, 0.1) is 13.8 Å². The summed E-state index contributed by atoms with van der Waals surface area (Å²) in [6.07, 6.45) is 0. The molecule has 0 bridgehead atoms. The molecule has 0 atom stereocenters. The minimum absolute atomic E-state index is 0.0180. The van der Waals surface area contributed by atoms with Gasteiger partial charge in [-0.05, 0) is 49.2 Å². The molecule has 0 aliphatic heterocycles. The van der Waals surface area contributed by atoms with Crippen LogP contribution in [0.2, 0.25) is 0 Å². The van der Waals surface area contributed by atoms with Crippen molar-refractivity contribution in [2.24, 2.45) is 0 Å². The third-order valence-electron chi connectivity index (χ3n) is 3.14. The van der Waals surface area contributed by atoms with E-state index in [1.165, 1.54) is 0 Å². The molecule has 0 unspecified atom stereocenters. The van der Waals surface area contributed by atoms with E-state index in [-0.39, 0.29) is 5.78 Å². The average Bonchev–Trinajstić information content (AvgIpc) is 2.40. The van der Waals surface area contributed by atoms with E-state index in [4.69, 9.17) is 10.5 Å². The van der Waals surface area contributed by atoms with Gasteiger partial charge in [0.25, 0.3) is 0 Å². The first-order chi connectivity index (χ1) is 9.02. The molecule has 3 nitrogen and oxygen atoms in total. The van der Waals surface area contributed by atoms with Gasteiger partial charge in [-0.15, -0.1) is 0 Å². The lowest BCUT2D eigenvalue weighted by Gasteiger charge is -2.11. The van der Waals surface area contributed by atoms with Crippen molar-refractivity contribution in [1.29, 1.82) is 0 Å². The first kappa shape index (κ1) is 13.1. The van der Waals surface area contributed by atoms with Crippen LogP contribution >= 0.6 is 0 Å². The molecule has 2 aromatic carbocycles. The monoisotopic (exact) mass is 255 g/mol. The molecule has 3 heteroatoms. The highest BCUT2D eigenvalue weighted by atomic mass is 16.5.